The van der Waals surface area contributed by atoms with Crippen LogP contribution < -0.4 is 11.1 Å². The van der Waals surface area contributed by atoms with Gasteiger partial charge in [-0.05, 0) is 19.3 Å². The molecule has 9 heteroatoms. The summed E-state index contributed by atoms with van der Waals surface area (Å²) in [6.45, 7) is 0.792. The van der Waals surface area contributed by atoms with Gasteiger partial charge in [0.05, 0.1) is 18.7 Å². The predicted octanol–water partition coefficient (Wildman–Crippen LogP) is 1.09. The van der Waals surface area contributed by atoms with E-state index in [1.54, 1.807) is 0 Å². The highest BCUT2D eigenvalue weighted by molar-refractivity contribution is 5.92. The lowest BCUT2D eigenvalue weighted by atomic mass is 9.85. The Morgan fingerprint density at radius 2 is 2.24 bits per heavy atom. The van der Waals surface area contributed by atoms with E-state index in [0.717, 1.165) is 0 Å². The van der Waals surface area contributed by atoms with Crippen molar-refractivity contribution < 1.29 is 18.0 Å². The number of carbonyl (C=O) groups is 1. The first-order chi connectivity index (χ1) is 9.90. The number of amides is 1. The van der Waals surface area contributed by atoms with Crippen molar-refractivity contribution in [2.45, 2.75) is 44.4 Å². The largest absolute Gasteiger partial charge is 0.391 e. The summed E-state index contributed by atoms with van der Waals surface area (Å²) in [5.41, 5.74) is 5.45. The molecule has 3 N–H and O–H groups in total. The highest BCUT2D eigenvalue weighted by Crippen LogP contribution is 2.37. The summed E-state index contributed by atoms with van der Waals surface area (Å²) in [4.78, 5) is 11.9. The molecule has 0 saturated heterocycles. The van der Waals surface area contributed by atoms with Crippen molar-refractivity contribution in [3.63, 3.8) is 0 Å². The fourth-order valence-corrected chi connectivity index (χ4v) is 2.52. The van der Waals surface area contributed by atoms with Crippen LogP contribution in [0.2, 0.25) is 0 Å². The SMILES string of the molecule is NCCn1cc(C(=O)NC2CCCC(C(F)(F)F)C2)nn1. The van der Waals surface area contributed by atoms with Gasteiger partial charge in [-0.25, -0.2) is 0 Å². The van der Waals surface area contributed by atoms with Crippen LogP contribution in [-0.4, -0.2) is 39.7 Å². The van der Waals surface area contributed by atoms with E-state index in [4.69, 9.17) is 5.73 Å². The lowest BCUT2D eigenvalue weighted by Crippen LogP contribution is -2.41. The van der Waals surface area contributed by atoms with Crippen LogP contribution in [0.25, 0.3) is 0 Å². The van der Waals surface area contributed by atoms with Crippen molar-refractivity contribution in [2.75, 3.05) is 6.54 Å². The van der Waals surface area contributed by atoms with E-state index in [9.17, 15) is 18.0 Å². The van der Waals surface area contributed by atoms with Crippen LogP contribution in [0.1, 0.15) is 36.2 Å². The normalized spacial score (nSPS) is 23.0. The molecule has 1 fully saturated rings. The Morgan fingerprint density at radius 3 is 2.90 bits per heavy atom. The molecule has 118 valence electrons. The minimum absolute atomic E-state index is 0.0772. The minimum atomic E-state index is -4.20. The lowest BCUT2D eigenvalue weighted by Gasteiger charge is -2.30. The summed E-state index contributed by atoms with van der Waals surface area (Å²) < 4.78 is 39.6. The smallest absolute Gasteiger partial charge is 0.348 e. The Labute approximate surface area is 119 Å². The second kappa shape index (κ2) is 6.42. The van der Waals surface area contributed by atoms with Gasteiger partial charge in [0.1, 0.15) is 0 Å². The molecule has 1 amide bonds. The standard InChI is InChI=1S/C12H18F3N5O/c13-12(14,15)8-2-1-3-9(6-8)17-11(21)10-7-20(5-4-16)19-18-10/h7-9H,1-6,16H2,(H,17,21). The lowest BCUT2D eigenvalue weighted by molar-refractivity contribution is -0.183. The van der Waals surface area contributed by atoms with E-state index < -0.39 is 24.0 Å². The van der Waals surface area contributed by atoms with E-state index in [0.29, 0.717) is 25.9 Å². The maximum absolute atomic E-state index is 12.7. The summed E-state index contributed by atoms with van der Waals surface area (Å²) in [5.74, 6) is -1.84. The van der Waals surface area contributed by atoms with Gasteiger partial charge in [-0.15, -0.1) is 5.10 Å². The number of aromatic nitrogens is 3. The van der Waals surface area contributed by atoms with Crippen LogP contribution in [0.15, 0.2) is 6.20 Å². The molecular weight excluding hydrogens is 287 g/mol. The van der Waals surface area contributed by atoms with Gasteiger partial charge in [-0.3, -0.25) is 9.48 Å². The number of nitrogens with two attached hydrogens (primary N) is 1. The molecule has 2 atom stereocenters. The zero-order chi connectivity index (χ0) is 15.5. The van der Waals surface area contributed by atoms with Crippen LogP contribution in [0.3, 0.4) is 0 Å². The Kier molecular flexibility index (Phi) is 4.81. The molecular formula is C12H18F3N5O. The third kappa shape index (κ3) is 4.16. The number of carbonyl (C=O) groups excluding carboxylic acids is 1. The second-order valence-corrected chi connectivity index (χ2v) is 5.23. The van der Waals surface area contributed by atoms with Gasteiger partial charge in [0, 0.05) is 12.6 Å². The van der Waals surface area contributed by atoms with E-state index in [1.807, 2.05) is 0 Å². The average molecular weight is 305 g/mol. The van der Waals surface area contributed by atoms with Crippen molar-refractivity contribution in [2.24, 2.45) is 11.7 Å². The zero-order valence-electron chi connectivity index (χ0n) is 11.4. The Morgan fingerprint density at radius 1 is 1.48 bits per heavy atom. The van der Waals surface area contributed by atoms with Crippen LogP contribution in [0.5, 0.6) is 0 Å². The minimum Gasteiger partial charge on any atom is -0.348 e. The van der Waals surface area contributed by atoms with Crippen molar-refractivity contribution in [3.8, 4) is 0 Å². The first kappa shape index (κ1) is 15.7. The maximum atomic E-state index is 12.7. The van der Waals surface area contributed by atoms with E-state index in [-0.39, 0.29) is 18.5 Å². The monoisotopic (exact) mass is 305 g/mol. The Bertz CT molecular complexity index is 487. The predicted molar refractivity (Wildman–Crippen MR) is 68.3 cm³/mol. The highest BCUT2D eigenvalue weighted by atomic mass is 19.4. The number of halogens is 3. The van der Waals surface area contributed by atoms with Gasteiger partial charge in [-0.2, -0.15) is 13.2 Å². The van der Waals surface area contributed by atoms with Crippen molar-refractivity contribution in [3.05, 3.63) is 11.9 Å². The Balaban J connectivity index is 1.92. The van der Waals surface area contributed by atoms with Gasteiger partial charge in [0.25, 0.3) is 5.91 Å². The number of nitrogens with zero attached hydrogens (tertiary/aromatic N) is 3. The van der Waals surface area contributed by atoms with Crippen LogP contribution >= 0.6 is 0 Å². The topological polar surface area (TPSA) is 85.8 Å². The molecule has 1 heterocycles. The number of hydrogen-bond donors (Lipinski definition) is 2. The number of nitrogens with one attached hydrogen (secondary N) is 1. The first-order valence-electron chi connectivity index (χ1n) is 6.88. The average Bonchev–Trinajstić information content (AvgIpc) is 2.87. The van der Waals surface area contributed by atoms with Crippen molar-refractivity contribution in [1.29, 1.82) is 0 Å². The zero-order valence-corrected chi connectivity index (χ0v) is 11.4. The molecule has 1 aliphatic carbocycles. The van der Waals surface area contributed by atoms with Crippen LogP contribution in [0, 0.1) is 5.92 Å². The molecule has 2 unspecified atom stereocenters. The molecule has 0 spiro atoms. The highest BCUT2D eigenvalue weighted by Gasteiger charge is 2.42. The van der Waals surface area contributed by atoms with Gasteiger partial charge >= 0.3 is 6.18 Å². The first-order valence-corrected chi connectivity index (χ1v) is 6.88. The molecule has 1 aromatic heterocycles. The van der Waals surface area contributed by atoms with Crippen molar-refractivity contribution in [1.82, 2.24) is 20.3 Å². The Hall–Kier alpha value is -1.64. The summed E-state index contributed by atoms with van der Waals surface area (Å²) >= 11 is 0. The molecule has 2 rings (SSSR count). The number of hydrogen-bond acceptors (Lipinski definition) is 4. The molecule has 1 aromatic rings. The molecule has 0 aliphatic heterocycles. The third-order valence-electron chi connectivity index (χ3n) is 3.60. The van der Waals surface area contributed by atoms with Crippen LogP contribution in [-0.2, 0) is 6.54 Å². The van der Waals surface area contributed by atoms with E-state index in [1.165, 1.54) is 10.9 Å². The fourth-order valence-electron chi connectivity index (χ4n) is 2.52. The van der Waals surface area contributed by atoms with Gasteiger partial charge in [-0.1, -0.05) is 11.6 Å². The summed E-state index contributed by atoms with van der Waals surface area (Å²) in [6.07, 6.45) is -1.71. The summed E-state index contributed by atoms with van der Waals surface area (Å²) in [5, 5.41) is 10.0. The molecule has 1 aliphatic rings. The molecule has 21 heavy (non-hydrogen) atoms. The third-order valence-corrected chi connectivity index (χ3v) is 3.60. The quantitative estimate of drug-likeness (QED) is 0.872. The molecule has 0 aromatic carbocycles. The molecule has 6 nitrogen and oxygen atoms in total. The molecule has 0 bridgehead atoms. The van der Waals surface area contributed by atoms with E-state index >= 15 is 0 Å². The van der Waals surface area contributed by atoms with Crippen molar-refractivity contribution >= 4 is 5.91 Å². The molecule has 0 radical (unpaired) electrons. The second-order valence-electron chi connectivity index (χ2n) is 5.23. The van der Waals surface area contributed by atoms with Gasteiger partial charge in [0.2, 0.25) is 0 Å². The van der Waals surface area contributed by atoms with E-state index in [2.05, 4.69) is 15.6 Å². The van der Waals surface area contributed by atoms with Gasteiger partial charge < -0.3 is 11.1 Å². The van der Waals surface area contributed by atoms with Gasteiger partial charge in [0.15, 0.2) is 5.69 Å². The molecule has 1 saturated carbocycles. The fraction of sp³-hybridized carbons (Fsp3) is 0.750. The number of rotatable bonds is 4. The number of alkyl halides is 3. The maximum Gasteiger partial charge on any atom is 0.391 e. The summed E-state index contributed by atoms with van der Waals surface area (Å²) in [6, 6.07) is -0.475. The van der Waals surface area contributed by atoms with Crippen LogP contribution in [0.4, 0.5) is 13.2 Å². The summed E-state index contributed by atoms with van der Waals surface area (Å²) in [7, 11) is 0.